The molecule has 0 saturated carbocycles. The number of halogens is 1. The van der Waals surface area contributed by atoms with Gasteiger partial charge in [-0.2, -0.15) is 0 Å². The number of carbonyl (C=O) groups is 1. The number of carbonyl (C=O) groups excluding carboxylic acids is 1. The van der Waals surface area contributed by atoms with Crippen LogP contribution in [0.3, 0.4) is 0 Å². The molecule has 0 saturated heterocycles. The average molecular weight is 200 g/mol. The van der Waals surface area contributed by atoms with Crippen LogP contribution < -0.4 is 5.46 Å². The van der Waals surface area contributed by atoms with E-state index in [4.69, 9.17) is 19.4 Å². The molecule has 0 spiro atoms. The third-order valence-electron chi connectivity index (χ3n) is 2.18. The van der Waals surface area contributed by atoms with E-state index >= 15 is 0 Å². The Kier molecular flexibility index (Phi) is 2.30. The number of fused-ring (bicyclic) bond motifs is 1. The molecule has 0 unspecified atom stereocenters. The van der Waals surface area contributed by atoms with Gasteiger partial charge in [0.05, 0.1) is 0 Å². The van der Waals surface area contributed by atoms with Crippen molar-refractivity contribution in [1.82, 2.24) is 0 Å². The van der Waals surface area contributed by atoms with Crippen LogP contribution in [0, 0.1) is 0 Å². The molecular formula is C11H6BClO. The largest absolute Gasteiger partial charge is 0.276 e. The van der Waals surface area contributed by atoms with Crippen LogP contribution in [-0.4, -0.2) is 13.1 Å². The van der Waals surface area contributed by atoms with Crippen LogP contribution >= 0.6 is 11.6 Å². The first-order valence-electron chi connectivity index (χ1n) is 4.17. The molecule has 0 N–H and O–H groups in total. The van der Waals surface area contributed by atoms with E-state index in [0.29, 0.717) is 11.0 Å². The predicted octanol–water partition coefficient (Wildman–Crippen LogP) is 2.01. The second-order valence-electron chi connectivity index (χ2n) is 3.02. The SMILES string of the molecule is [B]c1c(C(=O)Cl)ccc2ccccc12. The van der Waals surface area contributed by atoms with Crippen LogP contribution in [0.2, 0.25) is 0 Å². The molecular weight excluding hydrogens is 194 g/mol. The second-order valence-corrected chi connectivity index (χ2v) is 3.36. The van der Waals surface area contributed by atoms with Gasteiger partial charge in [-0.05, 0) is 22.4 Å². The minimum atomic E-state index is -0.520. The summed E-state index contributed by atoms with van der Waals surface area (Å²) in [5.41, 5.74) is 0.813. The van der Waals surface area contributed by atoms with Crippen LogP contribution in [0.5, 0.6) is 0 Å². The smallest absolute Gasteiger partial charge is 0.251 e. The lowest BCUT2D eigenvalue weighted by Gasteiger charge is -2.05. The zero-order chi connectivity index (χ0) is 10.1. The third-order valence-corrected chi connectivity index (χ3v) is 2.39. The summed E-state index contributed by atoms with van der Waals surface area (Å²) < 4.78 is 0. The maximum absolute atomic E-state index is 11.0. The van der Waals surface area contributed by atoms with Crippen LogP contribution in [0.4, 0.5) is 0 Å². The number of benzene rings is 2. The lowest BCUT2D eigenvalue weighted by molar-refractivity contribution is 0.108. The molecule has 0 amide bonds. The molecule has 0 atom stereocenters. The topological polar surface area (TPSA) is 17.1 Å². The van der Waals surface area contributed by atoms with E-state index in [0.717, 1.165) is 10.8 Å². The van der Waals surface area contributed by atoms with Crippen molar-refractivity contribution in [3.8, 4) is 0 Å². The van der Waals surface area contributed by atoms with E-state index < -0.39 is 5.24 Å². The Bertz CT molecular complexity index is 508. The number of hydrogen-bond acceptors (Lipinski definition) is 1. The highest BCUT2D eigenvalue weighted by Crippen LogP contribution is 2.13. The summed E-state index contributed by atoms with van der Waals surface area (Å²) in [7, 11) is 5.81. The molecule has 2 rings (SSSR count). The van der Waals surface area contributed by atoms with Crippen molar-refractivity contribution in [1.29, 1.82) is 0 Å². The first-order chi connectivity index (χ1) is 6.70. The van der Waals surface area contributed by atoms with Gasteiger partial charge in [-0.15, -0.1) is 0 Å². The van der Waals surface area contributed by atoms with Crippen molar-refractivity contribution < 1.29 is 4.79 Å². The summed E-state index contributed by atoms with van der Waals surface area (Å²) >= 11 is 5.39. The van der Waals surface area contributed by atoms with Crippen LogP contribution in [0.15, 0.2) is 36.4 Å². The van der Waals surface area contributed by atoms with Crippen LogP contribution in [-0.2, 0) is 0 Å². The molecule has 0 fully saturated rings. The van der Waals surface area contributed by atoms with E-state index in [1.165, 1.54) is 0 Å². The van der Waals surface area contributed by atoms with Crippen molar-refractivity contribution in [2.24, 2.45) is 0 Å². The second kappa shape index (κ2) is 3.47. The fraction of sp³-hybridized carbons (Fsp3) is 0. The van der Waals surface area contributed by atoms with Gasteiger partial charge >= 0.3 is 0 Å². The Morgan fingerprint density at radius 2 is 1.86 bits per heavy atom. The maximum atomic E-state index is 11.0. The molecule has 0 aliphatic rings. The molecule has 0 heterocycles. The summed E-state index contributed by atoms with van der Waals surface area (Å²) in [4.78, 5) is 11.0. The Morgan fingerprint density at radius 1 is 1.14 bits per heavy atom. The van der Waals surface area contributed by atoms with Crippen molar-refractivity contribution in [2.45, 2.75) is 0 Å². The molecule has 1 nitrogen and oxygen atoms in total. The van der Waals surface area contributed by atoms with E-state index in [1.54, 1.807) is 6.07 Å². The van der Waals surface area contributed by atoms with Gasteiger partial charge in [0.2, 0.25) is 0 Å². The summed E-state index contributed by atoms with van der Waals surface area (Å²) in [5.74, 6) is 0. The van der Waals surface area contributed by atoms with E-state index in [9.17, 15) is 4.79 Å². The third kappa shape index (κ3) is 1.42. The molecule has 2 aromatic rings. The molecule has 3 heteroatoms. The van der Waals surface area contributed by atoms with E-state index in [-0.39, 0.29) is 0 Å². The van der Waals surface area contributed by atoms with Crippen LogP contribution in [0.1, 0.15) is 10.4 Å². The molecule has 0 bridgehead atoms. The Morgan fingerprint density at radius 3 is 2.57 bits per heavy atom. The van der Waals surface area contributed by atoms with Gasteiger partial charge in [0.1, 0.15) is 7.85 Å². The van der Waals surface area contributed by atoms with Gasteiger partial charge < -0.3 is 0 Å². The highest BCUT2D eigenvalue weighted by molar-refractivity contribution is 6.69. The van der Waals surface area contributed by atoms with Crippen molar-refractivity contribution in [3.63, 3.8) is 0 Å². The molecule has 66 valence electrons. The van der Waals surface area contributed by atoms with E-state index in [2.05, 4.69) is 0 Å². The lowest BCUT2D eigenvalue weighted by Crippen LogP contribution is -2.13. The van der Waals surface area contributed by atoms with Gasteiger partial charge in [-0.25, -0.2) is 0 Å². The van der Waals surface area contributed by atoms with Gasteiger partial charge in [-0.1, -0.05) is 41.9 Å². The van der Waals surface area contributed by atoms with Gasteiger partial charge in [-0.3, -0.25) is 4.79 Å². The fourth-order valence-corrected chi connectivity index (χ4v) is 1.63. The highest BCUT2D eigenvalue weighted by Gasteiger charge is 2.07. The van der Waals surface area contributed by atoms with Crippen LogP contribution in [0.25, 0.3) is 10.8 Å². The molecule has 2 aromatic carbocycles. The molecule has 2 radical (unpaired) electrons. The summed E-state index contributed by atoms with van der Waals surface area (Å²) in [5, 5.41) is 1.35. The summed E-state index contributed by atoms with van der Waals surface area (Å²) in [6.07, 6.45) is 0. The van der Waals surface area contributed by atoms with Crippen molar-refractivity contribution in [2.75, 3.05) is 0 Å². The number of hydrogen-bond donors (Lipinski definition) is 0. The van der Waals surface area contributed by atoms with Crippen molar-refractivity contribution in [3.05, 3.63) is 42.0 Å². The number of rotatable bonds is 1. The molecule has 0 aliphatic carbocycles. The summed E-state index contributed by atoms with van der Waals surface area (Å²) in [6.45, 7) is 0. The highest BCUT2D eigenvalue weighted by atomic mass is 35.5. The van der Waals surface area contributed by atoms with Crippen molar-refractivity contribution >= 4 is 40.9 Å². The average Bonchev–Trinajstić information content (AvgIpc) is 2.18. The predicted molar refractivity (Wildman–Crippen MR) is 59.5 cm³/mol. The standard InChI is InChI=1S/C11H6BClO/c12-10-8-4-2-1-3-7(8)5-6-9(10)11(13)14/h1-6H. The molecule has 14 heavy (non-hydrogen) atoms. The quantitative estimate of drug-likeness (QED) is 0.508. The molecule has 0 aliphatic heterocycles. The first kappa shape index (κ1) is 9.29. The monoisotopic (exact) mass is 200 g/mol. The zero-order valence-electron chi connectivity index (χ0n) is 7.33. The normalized spacial score (nSPS) is 10.4. The minimum absolute atomic E-state index is 0.366. The fourth-order valence-electron chi connectivity index (χ4n) is 1.47. The Balaban J connectivity index is 2.81. The first-order valence-corrected chi connectivity index (χ1v) is 4.55. The minimum Gasteiger partial charge on any atom is -0.276 e. The van der Waals surface area contributed by atoms with Gasteiger partial charge in [0.25, 0.3) is 5.24 Å². The summed E-state index contributed by atoms with van der Waals surface area (Å²) in [6, 6.07) is 11.1. The van der Waals surface area contributed by atoms with E-state index in [1.807, 2.05) is 30.3 Å². The molecule has 0 aromatic heterocycles. The zero-order valence-corrected chi connectivity index (χ0v) is 8.08. The lowest BCUT2D eigenvalue weighted by atomic mass is 9.86. The Labute approximate surface area is 88.1 Å². The Hall–Kier alpha value is -1.28. The van der Waals surface area contributed by atoms with Gasteiger partial charge in [0, 0.05) is 5.56 Å². The maximum Gasteiger partial charge on any atom is 0.251 e. The van der Waals surface area contributed by atoms with Gasteiger partial charge in [0.15, 0.2) is 0 Å².